The Kier molecular flexibility index (Phi) is 4.36. The normalized spacial score (nSPS) is 20.5. The van der Waals surface area contributed by atoms with Crippen LogP contribution in [-0.4, -0.2) is 69.1 Å². The summed E-state index contributed by atoms with van der Waals surface area (Å²) in [6.07, 6.45) is -0.571. The largest absolute Gasteiger partial charge is 0.435 e. The molecule has 3 aliphatic rings. The fraction of sp³-hybridized carbons (Fsp3) is 0.571. The van der Waals surface area contributed by atoms with Crippen molar-refractivity contribution in [3.8, 4) is 0 Å². The Labute approximate surface area is 187 Å². The summed E-state index contributed by atoms with van der Waals surface area (Å²) < 4.78 is 47.7. The molecular formula is C21H23F3N8O. The van der Waals surface area contributed by atoms with Crippen molar-refractivity contribution in [2.45, 2.75) is 32.5 Å². The molecule has 0 aliphatic carbocycles. The van der Waals surface area contributed by atoms with E-state index in [1.807, 2.05) is 11.6 Å². The Morgan fingerprint density at radius 3 is 2.48 bits per heavy atom. The molecule has 0 bridgehead atoms. The molecule has 174 valence electrons. The standard InChI is InChI=1S/C21H23F3N8O/c1-12-17-19(32(29-12)14-7-33-8-14)28-16(6-26-17)30-4-3-20(9-30)10-31(11-20)15-5-25-13(2)27-18(15)21(22,23)24/h5-6,14H,3-4,7-11H2,1-2H3. The minimum atomic E-state index is -4.51. The topological polar surface area (TPSA) is 85.1 Å². The molecule has 0 saturated carbocycles. The Balaban J connectivity index is 1.21. The van der Waals surface area contributed by atoms with Gasteiger partial charge in [0, 0.05) is 31.6 Å². The van der Waals surface area contributed by atoms with Crippen LogP contribution in [0.5, 0.6) is 0 Å². The molecule has 3 aromatic rings. The summed E-state index contributed by atoms with van der Waals surface area (Å²) in [5.41, 5.74) is 1.49. The van der Waals surface area contributed by atoms with Gasteiger partial charge in [0.1, 0.15) is 23.2 Å². The lowest BCUT2D eigenvalue weighted by Gasteiger charge is -2.49. The minimum absolute atomic E-state index is 0.0560. The van der Waals surface area contributed by atoms with Crippen molar-refractivity contribution in [2.24, 2.45) is 5.41 Å². The molecule has 0 atom stereocenters. The van der Waals surface area contributed by atoms with Crippen LogP contribution in [0.25, 0.3) is 11.2 Å². The van der Waals surface area contributed by atoms with Crippen molar-refractivity contribution in [2.75, 3.05) is 49.2 Å². The van der Waals surface area contributed by atoms with E-state index in [9.17, 15) is 13.2 Å². The van der Waals surface area contributed by atoms with Crippen LogP contribution < -0.4 is 9.80 Å². The van der Waals surface area contributed by atoms with Gasteiger partial charge in [-0.15, -0.1) is 0 Å². The number of aryl methyl sites for hydroxylation is 2. The predicted octanol–water partition coefficient (Wildman–Crippen LogP) is 2.54. The van der Waals surface area contributed by atoms with Gasteiger partial charge < -0.3 is 14.5 Å². The highest BCUT2D eigenvalue weighted by molar-refractivity contribution is 5.75. The number of hydrogen-bond donors (Lipinski definition) is 0. The van der Waals surface area contributed by atoms with Gasteiger partial charge in [0.25, 0.3) is 0 Å². The SMILES string of the molecule is Cc1ncc(N2CC3(CCN(c4cnc5c(C)nn(C6COC6)c5n4)C3)C2)c(C(F)(F)F)n1. The zero-order chi connectivity index (χ0) is 23.0. The van der Waals surface area contributed by atoms with Gasteiger partial charge in [-0.1, -0.05) is 0 Å². The number of rotatable bonds is 3. The minimum Gasteiger partial charge on any atom is -0.377 e. The third-order valence-electron chi connectivity index (χ3n) is 6.84. The number of hydrogen-bond acceptors (Lipinski definition) is 8. The van der Waals surface area contributed by atoms with E-state index < -0.39 is 11.9 Å². The lowest BCUT2D eigenvalue weighted by atomic mass is 9.78. The summed E-state index contributed by atoms with van der Waals surface area (Å²) in [6.45, 7) is 7.19. The quantitative estimate of drug-likeness (QED) is 0.590. The first-order valence-electron chi connectivity index (χ1n) is 10.9. The summed E-state index contributed by atoms with van der Waals surface area (Å²) in [5.74, 6) is 0.888. The van der Waals surface area contributed by atoms with E-state index in [-0.39, 0.29) is 23.0 Å². The first kappa shape index (κ1) is 20.6. The van der Waals surface area contributed by atoms with Crippen LogP contribution in [0.4, 0.5) is 24.7 Å². The zero-order valence-corrected chi connectivity index (χ0v) is 18.3. The Bertz CT molecular complexity index is 1230. The monoisotopic (exact) mass is 460 g/mol. The van der Waals surface area contributed by atoms with Crippen molar-refractivity contribution in [1.82, 2.24) is 29.7 Å². The van der Waals surface area contributed by atoms with Gasteiger partial charge in [-0.2, -0.15) is 18.3 Å². The molecule has 3 fully saturated rings. The summed E-state index contributed by atoms with van der Waals surface area (Å²) >= 11 is 0. The van der Waals surface area contributed by atoms with Gasteiger partial charge >= 0.3 is 6.18 Å². The second kappa shape index (κ2) is 6.99. The third-order valence-corrected chi connectivity index (χ3v) is 6.84. The van der Waals surface area contributed by atoms with Gasteiger partial charge in [0.2, 0.25) is 0 Å². The van der Waals surface area contributed by atoms with E-state index >= 15 is 0 Å². The number of aromatic nitrogens is 6. The molecular weight excluding hydrogens is 437 g/mol. The van der Waals surface area contributed by atoms with E-state index in [1.54, 1.807) is 11.1 Å². The summed E-state index contributed by atoms with van der Waals surface area (Å²) in [4.78, 5) is 21.0. The highest BCUT2D eigenvalue weighted by Gasteiger charge is 2.50. The Morgan fingerprint density at radius 1 is 1.03 bits per heavy atom. The molecule has 3 aromatic heterocycles. The average molecular weight is 460 g/mol. The van der Waals surface area contributed by atoms with Crippen molar-refractivity contribution in [1.29, 1.82) is 0 Å². The van der Waals surface area contributed by atoms with E-state index in [1.165, 1.54) is 13.1 Å². The molecule has 0 amide bonds. The number of fused-ring (bicyclic) bond motifs is 1. The van der Waals surface area contributed by atoms with Gasteiger partial charge in [-0.05, 0) is 20.3 Å². The number of alkyl halides is 3. The Hall–Kier alpha value is -3.02. The van der Waals surface area contributed by atoms with Crippen LogP contribution >= 0.6 is 0 Å². The van der Waals surface area contributed by atoms with Crippen molar-refractivity contribution in [3.63, 3.8) is 0 Å². The van der Waals surface area contributed by atoms with E-state index in [4.69, 9.17) is 9.72 Å². The molecule has 12 heteroatoms. The fourth-order valence-corrected chi connectivity index (χ4v) is 5.04. The second-order valence-electron chi connectivity index (χ2n) is 9.30. The maximum absolute atomic E-state index is 13.5. The van der Waals surface area contributed by atoms with Crippen LogP contribution in [0.1, 0.15) is 29.7 Å². The molecule has 9 nitrogen and oxygen atoms in total. The summed E-state index contributed by atoms with van der Waals surface area (Å²) in [6, 6.07) is 0.176. The average Bonchev–Trinajstić information content (AvgIpc) is 3.28. The van der Waals surface area contributed by atoms with Crippen molar-refractivity contribution < 1.29 is 17.9 Å². The van der Waals surface area contributed by atoms with Gasteiger partial charge in [0.05, 0.1) is 37.0 Å². The van der Waals surface area contributed by atoms with Crippen LogP contribution in [0.2, 0.25) is 0 Å². The van der Waals surface area contributed by atoms with Crippen LogP contribution in [0.15, 0.2) is 12.4 Å². The molecule has 1 spiro atoms. The predicted molar refractivity (Wildman–Crippen MR) is 113 cm³/mol. The molecule has 6 rings (SSSR count). The number of anilines is 2. The maximum atomic E-state index is 13.5. The highest BCUT2D eigenvalue weighted by atomic mass is 19.4. The first-order valence-corrected chi connectivity index (χ1v) is 10.9. The molecule has 0 N–H and O–H groups in total. The van der Waals surface area contributed by atoms with Crippen molar-refractivity contribution >= 4 is 22.7 Å². The van der Waals surface area contributed by atoms with E-state index in [0.717, 1.165) is 42.2 Å². The smallest absolute Gasteiger partial charge is 0.377 e. The molecule has 0 aromatic carbocycles. The number of nitrogens with zero attached hydrogens (tertiary/aromatic N) is 8. The third kappa shape index (κ3) is 3.30. The van der Waals surface area contributed by atoms with Gasteiger partial charge in [0.15, 0.2) is 11.3 Å². The molecule has 3 saturated heterocycles. The van der Waals surface area contributed by atoms with Gasteiger partial charge in [-0.3, -0.25) is 0 Å². The van der Waals surface area contributed by atoms with Crippen LogP contribution in [0, 0.1) is 19.3 Å². The maximum Gasteiger partial charge on any atom is 0.435 e. The lowest BCUT2D eigenvalue weighted by molar-refractivity contribution is -0.141. The Morgan fingerprint density at radius 2 is 1.79 bits per heavy atom. The molecule has 0 radical (unpaired) electrons. The lowest BCUT2D eigenvalue weighted by Crippen LogP contribution is -2.58. The van der Waals surface area contributed by atoms with E-state index in [0.29, 0.717) is 26.3 Å². The van der Waals surface area contributed by atoms with Gasteiger partial charge in [-0.25, -0.2) is 24.6 Å². The highest BCUT2D eigenvalue weighted by Crippen LogP contribution is 2.45. The van der Waals surface area contributed by atoms with E-state index in [2.05, 4.69) is 25.0 Å². The zero-order valence-electron chi connectivity index (χ0n) is 18.3. The molecule has 6 heterocycles. The molecule has 0 unspecified atom stereocenters. The van der Waals surface area contributed by atoms with Crippen molar-refractivity contribution in [3.05, 3.63) is 29.6 Å². The summed E-state index contributed by atoms with van der Waals surface area (Å²) in [5, 5.41) is 4.60. The van der Waals surface area contributed by atoms with Crippen LogP contribution in [0.3, 0.4) is 0 Å². The molecule has 3 aliphatic heterocycles. The molecule has 33 heavy (non-hydrogen) atoms. The second-order valence-corrected chi connectivity index (χ2v) is 9.30. The summed E-state index contributed by atoms with van der Waals surface area (Å²) in [7, 11) is 0. The number of halogens is 3. The first-order chi connectivity index (χ1) is 15.7. The van der Waals surface area contributed by atoms with Crippen LogP contribution in [-0.2, 0) is 10.9 Å². The fourth-order valence-electron chi connectivity index (χ4n) is 5.04. The number of ether oxygens (including phenoxy) is 1.